The van der Waals surface area contributed by atoms with Crippen molar-refractivity contribution in [3.05, 3.63) is 0 Å². The van der Waals surface area contributed by atoms with Gasteiger partial charge in [-0.15, -0.1) is 0 Å². The zero-order valence-electron chi connectivity index (χ0n) is 8.85. The van der Waals surface area contributed by atoms with Crippen molar-refractivity contribution in [2.45, 2.75) is 0 Å². The van der Waals surface area contributed by atoms with Crippen LogP contribution < -0.4 is 0 Å². The first kappa shape index (κ1) is 17.7. The van der Waals surface area contributed by atoms with Gasteiger partial charge in [0.1, 0.15) is 8.37 Å². The summed E-state index contributed by atoms with van der Waals surface area (Å²) in [5, 5.41) is 0. The number of hydrogen-bond acceptors (Lipinski definition) is 3. The van der Waals surface area contributed by atoms with Crippen LogP contribution in [0.1, 0.15) is 0 Å². The second-order valence-electron chi connectivity index (χ2n) is 2.85. The Labute approximate surface area is 113 Å². The van der Waals surface area contributed by atoms with Gasteiger partial charge in [0.15, 0.2) is 0 Å². The standard InChI is InChI=1S/C6H18N3P.Cu.2HI/c1-7(2)10(8(3)4)9(5)6;;;/h1-6H3;;2*1H/q;+2;;/p-2. The van der Waals surface area contributed by atoms with Gasteiger partial charge in [-0.2, -0.15) is 0 Å². The van der Waals surface area contributed by atoms with E-state index in [4.69, 9.17) is 0 Å². The van der Waals surface area contributed by atoms with E-state index in [1.807, 2.05) is 0 Å². The number of hydrogen-bond donors (Lipinski definition) is 0. The molecule has 0 N–H and O–H groups in total. The monoisotopic (exact) mass is 480 g/mol. The molecule has 3 nitrogen and oxygen atoms in total. The summed E-state index contributed by atoms with van der Waals surface area (Å²) in [6.07, 6.45) is 0. The Kier molecular flexibility index (Phi) is 14.7. The minimum absolute atomic E-state index is 0.238. The topological polar surface area (TPSA) is 9.72 Å². The molecule has 0 bridgehead atoms. The van der Waals surface area contributed by atoms with Gasteiger partial charge in [0, 0.05) is 0 Å². The van der Waals surface area contributed by atoms with Gasteiger partial charge >= 0.3 is 49.1 Å². The van der Waals surface area contributed by atoms with Crippen LogP contribution in [0.25, 0.3) is 0 Å². The first-order valence-electron chi connectivity index (χ1n) is 3.51. The maximum absolute atomic E-state index is 2.23. The van der Waals surface area contributed by atoms with E-state index in [1.165, 1.54) is 0 Å². The van der Waals surface area contributed by atoms with Crippen molar-refractivity contribution in [2.24, 2.45) is 0 Å². The SMILES string of the molecule is CN(C)P(N(C)C)N(C)C.[I][Cu][I]. The summed E-state index contributed by atoms with van der Waals surface area (Å²) < 4.78 is 6.69. The van der Waals surface area contributed by atoms with Gasteiger partial charge in [0.25, 0.3) is 0 Å². The minimum atomic E-state index is -0.238. The molecule has 0 atom stereocenters. The average molecular weight is 481 g/mol. The van der Waals surface area contributed by atoms with Crippen LogP contribution in [-0.2, 0) is 8.46 Å². The van der Waals surface area contributed by atoms with E-state index in [-0.39, 0.29) is 8.37 Å². The van der Waals surface area contributed by atoms with E-state index in [1.54, 1.807) is 8.46 Å². The molecule has 0 amide bonds. The molecule has 7 heteroatoms. The molecule has 0 aromatic heterocycles. The maximum atomic E-state index is 2.23. The summed E-state index contributed by atoms with van der Waals surface area (Å²) in [5.74, 6) is 0. The van der Waals surface area contributed by atoms with E-state index in [2.05, 4.69) is 97.0 Å². The summed E-state index contributed by atoms with van der Waals surface area (Å²) in [7, 11) is 14.1. The Balaban J connectivity index is 0. The van der Waals surface area contributed by atoms with Crippen LogP contribution in [0, 0.1) is 0 Å². The molecule has 0 unspecified atom stereocenters. The third kappa shape index (κ3) is 10.6. The molecule has 0 saturated heterocycles. The van der Waals surface area contributed by atoms with Crippen molar-refractivity contribution in [2.75, 3.05) is 42.3 Å². The molecule has 0 aromatic carbocycles. The molecular weight excluding hydrogens is 462 g/mol. The molecule has 0 saturated carbocycles. The molecule has 0 aliphatic rings. The zero-order chi connectivity index (χ0) is 11.0. The molecule has 0 fully saturated rings. The van der Waals surface area contributed by atoms with Gasteiger partial charge in [-0.1, -0.05) is 0 Å². The van der Waals surface area contributed by atoms with E-state index in [0.717, 1.165) is 0 Å². The van der Waals surface area contributed by atoms with E-state index < -0.39 is 0 Å². The average Bonchev–Trinajstić information content (AvgIpc) is 1.84. The van der Waals surface area contributed by atoms with Crippen LogP contribution in [0.2, 0.25) is 0 Å². The van der Waals surface area contributed by atoms with Crippen LogP contribution in [0.3, 0.4) is 0 Å². The zero-order valence-corrected chi connectivity index (χ0v) is 15.0. The van der Waals surface area contributed by atoms with Crippen molar-refractivity contribution in [3.63, 3.8) is 0 Å². The van der Waals surface area contributed by atoms with Gasteiger partial charge < -0.3 is 0 Å². The quantitative estimate of drug-likeness (QED) is 0.350. The van der Waals surface area contributed by atoms with Crippen molar-refractivity contribution in [1.29, 1.82) is 0 Å². The van der Waals surface area contributed by atoms with E-state index in [9.17, 15) is 0 Å². The normalized spacial score (nSPS) is 11.4. The van der Waals surface area contributed by atoms with Crippen molar-refractivity contribution >= 4 is 49.1 Å². The molecule has 0 heterocycles. The second-order valence-corrected chi connectivity index (χ2v) is 13.7. The van der Waals surface area contributed by atoms with Crippen LogP contribution >= 0.6 is 49.1 Å². The summed E-state index contributed by atoms with van der Waals surface area (Å²) >= 11 is 4.36. The van der Waals surface area contributed by atoms with Gasteiger partial charge in [-0.05, 0) is 42.3 Å². The van der Waals surface area contributed by atoms with Crippen LogP contribution in [-0.4, -0.2) is 56.3 Å². The van der Waals surface area contributed by atoms with Gasteiger partial charge in [-0.25, -0.2) is 0 Å². The molecule has 0 rings (SSSR count). The fourth-order valence-corrected chi connectivity index (χ4v) is 3.22. The molecule has 13 heavy (non-hydrogen) atoms. The number of halogens is 2. The first-order valence-corrected chi connectivity index (χ1v) is 10.8. The van der Waals surface area contributed by atoms with Crippen molar-refractivity contribution < 1.29 is 8.46 Å². The van der Waals surface area contributed by atoms with Gasteiger partial charge in [0.2, 0.25) is 0 Å². The van der Waals surface area contributed by atoms with E-state index >= 15 is 0 Å². The van der Waals surface area contributed by atoms with Crippen LogP contribution in [0.5, 0.6) is 0 Å². The Morgan fingerprint density at radius 3 is 0.923 bits per heavy atom. The Morgan fingerprint density at radius 1 is 0.769 bits per heavy atom. The Morgan fingerprint density at radius 2 is 0.923 bits per heavy atom. The predicted molar refractivity (Wildman–Crippen MR) is 76.0 cm³/mol. The molecule has 0 aliphatic heterocycles. The molecule has 0 aliphatic carbocycles. The van der Waals surface area contributed by atoms with Gasteiger partial charge in [-0.3, -0.25) is 14.0 Å². The molecule has 87 valence electrons. The van der Waals surface area contributed by atoms with Crippen LogP contribution in [0.4, 0.5) is 0 Å². The fraction of sp³-hybridized carbons (Fsp3) is 1.00. The summed E-state index contributed by atoms with van der Waals surface area (Å²) in [6.45, 7) is 0. The predicted octanol–water partition coefficient (Wildman–Crippen LogP) is 2.67. The second kappa shape index (κ2) is 10.8. The molecule has 0 radical (unpaired) electrons. The third-order valence-corrected chi connectivity index (χ3v) is 3.22. The molecule has 0 aromatic rings. The number of rotatable bonds is 3. The van der Waals surface area contributed by atoms with Gasteiger partial charge in [0.05, 0.1) is 0 Å². The number of nitrogens with zero attached hydrogens (tertiary/aromatic N) is 3. The first-order chi connectivity index (χ1) is 5.88. The summed E-state index contributed by atoms with van der Waals surface area (Å²) in [4.78, 5) is 0. The summed E-state index contributed by atoms with van der Waals surface area (Å²) in [6, 6.07) is 0. The van der Waals surface area contributed by atoms with Crippen LogP contribution in [0.15, 0.2) is 0 Å². The molecular formula is C6H18CuI2N3P. The van der Waals surface area contributed by atoms with Crippen molar-refractivity contribution in [1.82, 2.24) is 14.0 Å². The Bertz CT molecular complexity index is 97.0. The Hall–Kier alpha value is 2.29. The fourth-order valence-electron chi connectivity index (χ4n) is 1.07. The third-order valence-electron chi connectivity index (χ3n) is 1.07. The van der Waals surface area contributed by atoms with E-state index in [0.29, 0.717) is 0 Å². The summed E-state index contributed by atoms with van der Waals surface area (Å²) in [5.41, 5.74) is 0. The molecule has 0 spiro atoms. The van der Waals surface area contributed by atoms with Crippen molar-refractivity contribution in [3.8, 4) is 0 Å².